The molecular weight excluding hydrogens is 136 g/mol. The van der Waals surface area contributed by atoms with Crippen LogP contribution in [0.3, 0.4) is 0 Å². The molecule has 0 unspecified atom stereocenters. The molecule has 0 aliphatic heterocycles. The lowest BCUT2D eigenvalue weighted by Crippen LogP contribution is -1.91. The third-order valence-electron chi connectivity index (χ3n) is 1.57. The number of allylic oxidation sites excluding steroid dienone is 2. The number of rotatable bonds is 6. The summed E-state index contributed by atoms with van der Waals surface area (Å²) in [7, 11) is 0. The molecule has 1 nitrogen and oxygen atoms in total. The van der Waals surface area contributed by atoms with Crippen molar-refractivity contribution in [1.82, 2.24) is 0 Å². The molecule has 0 radical (unpaired) electrons. The van der Waals surface area contributed by atoms with Gasteiger partial charge < -0.3 is 0 Å². The fourth-order valence-corrected chi connectivity index (χ4v) is 0.882. The number of hydrogen-bond donors (Lipinski definition) is 0. The first-order valence-corrected chi connectivity index (χ1v) is 4.50. The lowest BCUT2D eigenvalue weighted by atomic mass is 10.1. The summed E-state index contributed by atoms with van der Waals surface area (Å²) in [5.41, 5.74) is 0. The maximum absolute atomic E-state index is 11.0. The Labute approximate surface area is 69.5 Å². The Balaban J connectivity index is 3.30. The molecule has 0 rings (SSSR count). The van der Waals surface area contributed by atoms with Crippen LogP contribution in [0, 0.1) is 0 Å². The van der Waals surface area contributed by atoms with Gasteiger partial charge in [-0.2, -0.15) is 0 Å². The van der Waals surface area contributed by atoms with E-state index < -0.39 is 0 Å². The molecule has 0 aliphatic rings. The normalized spacial score (nSPS) is 10.7. The highest BCUT2D eigenvalue weighted by atomic mass is 16.1. The SMILES string of the molecule is CCC=CC(=O)CCCCC. The molecular formula is C10H18O. The zero-order valence-electron chi connectivity index (χ0n) is 7.60. The van der Waals surface area contributed by atoms with Crippen molar-refractivity contribution in [3.63, 3.8) is 0 Å². The minimum Gasteiger partial charge on any atom is -0.295 e. The van der Waals surface area contributed by atoms with Crippen LogP contribution in [0.1, 0.15) is 46.0 Å². The van der Waals surface area contributed by atoms with Gasteiger partial charge in [-0.15, -0.1) is 0 Å². The first-order chi connectivity index (χ1) is 5.31. The van der Waals surface area contributed by atoms with E-state index in [1.54, 1.807) is 6.08 Å². The molecule has 0 fully saturated rings. The topological polar surface area (TPSA) is 17.1 Å². The van der Waals surface area contributed by atoms with Crippen molar-refractivity contribution >= 4 is 5.78 Å². The molecule has 0 aliphatic carbocycles. The number of unbranched alkanes of at least 4 members (excludes halogenated alkanes) is 2. The maximum Gasteiger partial charge on any atom is 0.155 e. The Morgan fingerprint density at radius 2 is 2.00 bits per heavy atom. The number of ketones is 1. The molecule has 0 N–H and O–H groups in total. The van der Waals surface area contributed by atoms with Gasteiger partial charge in [0, 0.05) is 6.42 Å². The van der Waals surface area contributed by atoms with Crippen molar-refractivity contribution in [3.8, 4) is 0 Å². The van der Waals surface area contributed by atoms with Gasteiger partial charge in [0.25, 0.3) is 0 Å². The minimum atomic E-state index is 0.278. The smallest absolute Gasteiger partial charge is 0.155 e. The standard InChI is InChI=1S/C10H18O/c1-3-5-7-9-10(11)8-6-4-2/h6,8H,3-5,7,9H2,1-2H3. The van der Waals surface area contributed by atoms with E-state index in [0.29, 0.717) is 0 Å². The average Bonchev–Trinajstić information content (AvgIpc) is 2.01. The van der Waals surface area contributed by atoms with Crippen LogP contribution in [0.25, 0.3) is 0 Å². The first-order valence-electron chi connectivity index (χ1n) is 4.50. The summed E-state index contributed by atoms with van der Waals surface area (Å²) in [6.45, 7) is 4.18. The molecule has 0 saturated carbocycles. The van der Waals surface area contributed by atoms with E-state index >= 15 is 0 Å². The summed E-state index contributed by atoms with van der Waals surface area (Å²) in [4.78, 5) is 11.0. The lowest BCUT2D eigenvalue weighted by molar-refractivity contribution is -0.114. The van der Waals surface area contributed by atoms with E-state index in [1.807, 2.05) is 13.0 Å². The summed E-state index contributed by atoms with van der Waals surface area (Å²) in [6, 6.07) is 0. The third-order valence-corrected chi connectivity index (χ3v) is 1.57. The number of carbonyl (C=O) groups is 1. The molecule has 0 aromatic rings. The van der Waals surface area contributed by atoms with E-state index in [1.165, 1.54) is 12.8 Å². The lowest BCUT2D eigenvalue weighted by Gasteiger charge is -1.92. The monoisotopic (exact) mass is 154 g/mol. The average molecular weight is 154 g/mol. The molecule has 64 valence electrons. The highest BCUT2D eigenvalue weighted by Crippen LogP contribution is 2.00. The van der Waals surface area contributed by atoms with Gasteiger partial charge in [-0.3, -0.25) is 4.79 Å². The van der Waals surface area contributed by atoms with Crippen LogP contribution in [-0.4, -0.2) is 5.78 Å². The van der Waals surface area contributed by atoms with Crippen molar-refractivity contribution in [2.75, 3.05) is 0 Å². The van der Waals surface area contributed by atoms with Crippen LogP contribution in [0.4, 0.5) is 0 Å². The van der Waals surface area contributed by atoms with Crippen molar-refractivity contribution in [2.24, 2.45) is 0 Å². The summed E-state index contributed by atoms with van der Waals surface area (Å²) in [6.07, 6.45) is 8.72. The molecule has 0 amide bonds. The Bertz CT molecular complexity index is 125. The van der Waals surface area contributed by atoms with Gasteiger partial charge in [-0.25, -0.2) is 0 Å². The second-order valence-electron chi connectivity index (χ2n) is 2.73. The molecule has 11 heavy (non-hydrogen) atoms. The summed E-state index contributed by atoms with van der Waals surface area (Å²) < 4.78 is 0. The third kappa shape index (κ3) is 7.31. The highest BCUT2D eigenvalue weighted by molar-refractivity contribution is 5.89. The Hall–Kier alpha value is -0.590. The van der Waals surface area contributed by atoms with Gasteiger partial charge in [0.15, 0.2) is 5.78 Å². The molecule has 0 aromatic carbocycles. The van der Waals surface area contributed by atoms with E-state index in [2.05, 4.69) is 6.92 Å². The zero-order chi connectivity index (χ0) is 8.53. The van der Waals surface area contributed by atoms with Gasteiger partial charge in [-0.1, -0.05) is 32.8 Å². The van der Waals surface area contributed by atoms with Gasteiger partial charge in [-0.05, 0) is 18.9 Å². The van der Waals surface area contributed by atoms with Gasteiger partial charge in [0.05, 0.1) is 0 Å². The summed E-state index contributed by atoms with van der Waals surface area (Å²) in [5, 5.41) is 0. The maximum atomic E-state index is 11.0. The predicted octanol–water partition coefficient (Wildman–Crippen LogP) is 3.10. The van der Waals surface area contributed by atoms with Crippen LogP contribution in [0.15, 0.2) is 12.2 Å². The quantitative estimate of drug-likeness (QED) is 0.424. The van der Waals surface area contributed by atoms with Crippen molar-refractivity contribution in [1.29, 1.82) is 0 Å². The van der Waals surface area contributed by atoms with E-state index in [-0.39, 0.29) is 5.78 Å². The van der Waals surface area contributed by atoms with E-state index in [0.717, 1.165) is 19.3 Å². The first kappa shape index (κ1) is 10.4. The molecule has 0 heterocycles. The summed E-state index contributed by atoms with van der Waals surface area (Å²) in [5.74, 6) is 0.278. The Morgan fingerprint density at radius 3 is 2.55 bits per heavy atom. The van der Waals surface area contributed by atoms with Crippen LogP contribution in [-0.2, 0) is 4.79 Å². The fourth-order valence-electron chi connectivity index (χ4n) is 0.882. The highest BCUT2D eigenvalue weighted by Gasteiger charge is 1.93. The van der Waals surface area contributed by atoms with Crippen LogP contribution in [0.5, 0.6) is 0 Å². The van der Waals surface area contributed by atoms with Crippen molar-refractivity contribution in [2.45, 2.75) is 46.0 Å². The van der Waals surface area contributed by atoms with E-state index in [4.69, 9.17) is 0 Å². The molecule has 0 saturated heterocycles. The molecule has 0 aromatic heterocycles. The van der Waals surface area contributed by atoms with Crippen LogP contribution < -0.4 is 0 Å². The number of hydrogen-bond acceptors (Lipinski definition) is 1. The largest absolute Gasteiger partial charge is 0.295 e. The van der Waals surface area contributed by atoms with Gasteiger partial charge >= 0.3 is 0 Å². The van der Waals surface area contributed by atoms with E-state index in [9.17, 15) is 4.79 Å². The van der Waals surface area contributed by atoms with Gasteiger partial charge in [0.1, 0.15) is 0 Å². The molecule has 0 spiro atoms. The second-order valence-corrected chi connectivity index (χ2v) is 2.73. The minimum absolute atomic E-state index is 0.278. The van der Waals surface area contributed by atoms with Gasteiger partial charge in [0.2, 0.25) is 0 Å². The van der Waals surface area contributed by atoms with Crippen LogP contribution in [0.2, 0.25) is 0 Å². The summed E-state index contributed by atoms with van der Waals surface area (Å²) >= 11 is 0. The predicted molar refractivity (Wildman–Crippen MR) is 48.6 cm³/mol. The van der Waals surface area contributed by atoms with Crippen molar-refractivity contribution in [3.05, 3.63) is 12.2 Å². The molecule has 0 bridgehead atoms. The molecule has 1 heteroatoms. The second kappa shape index (κ2) is 7.52. The Morgan fingerprint density at radius 1 is 1.27 bits per heavy atom. The number of carbonyl (C=O) groups excluding carboxylic acids is 1. The van der Waals surface area contributed by atoms with Crippen molar-refractivity contribution < 1.29 is 4.79 Å². The fraction of sp³-hybridized carbons (Fsp3) is 0.700. The Kier molecular flexibility index (Phi) is 7.11. The van der Waals surface area contributed by atoms with Crippen LogP contribution >= 0.6 is 0 Å². The zero-order valence-corrected chi connectivity index (χ0v) is 7.60. The molecule has 0 atom stereocenters.